The number of hydrogen-bond acceptors (Lipinski definition) is 7. The van der Waals surface area contributed by atoms with E-state index in [-0.39, 0.29) is 34.5 Å². The maximum absolute atomic E-state index is 13.1. The summed E-state index contributed by atoms with van der Waals surface area (Å²) in [6.45, 7) is 4.31. The molecular formula is C28H24ClN3O6. The quantitative estimate of drug-likeness (QED) is 0.295. The van der Waals surface area contributed by atoms with Crippen LogP contribution in [0, 0.1) is 0 Å². The van der Waals surface area contributed by atoms with Crippen molar-refractivity contribution in [3.05, 3.63) is 94.7 Å². The predicted molar refractivity (Wildman–Crippen MR) is 143 cm³/mol. The Bertz CT molecular complexity index is 1420. The number of nitrogens with zero attached hydrogens (tertiary/aromatic N) is 1. The molecule has 4 rings (SSSR count). The van der Waals surface area contributed by atoms with Crippen LogP contribution in [0.15, 0.2) is 83.5 Å². The zero-order valence-electron chi connectivity index (χ0n) is 20.6. The van der Waals surface area contributed by atoms with Crippen molar-refractivity contribution in [3.63, 3.8) is 0 Å². The number of carbonyl (C=O) groups is 4. The molecule has 0 atom stereocenters. The molecule has 0 aliphatic carbocycles. The predicted octanol–water partition coefficient (Wildman–Crippen LogP) is 4.95. The van der Waals surface area contributed by atoms with E-state index in [2.05, 4.69) is 10.6 Å². The van der Waals surface area contributed by atoms with Gasteiger partial charge in [-0.1, -0.05) is 17.7 Å². The molecule has 0 spiro atoms. The number of hydrogen-bond donors (Lipinski definition) is 2. The highest BCUT2D eigenvalue weighted by molar-refractivity contribution is 6.53. The average Bonchev–Trinajstić information content (AvgIpc) is 3.13. The van der Waals surface area contributed by atoms with Gasteiger partial charge in [0.1, 0.15) is 16.5 Å². The Labute approximate surface area is 224 Å². The van der Waals surface area contributed by atoms with Crippen LogP contribution < -0.4 is 20.3 Å². The van der Waals surface area contributed by atoms with E-state index >= 15 is 0 Å². The lowest BCUT2D eigenvalue weighted by Crippen LogP contribution is -2.32. The van der Waals surface area contributed by atoms with Crippen LogP contribution in [0.3, 0.4) is 0 Å². The number of ether oxygens (including phenoxy) is 2. The minimum atomic E-state index is -0.730. The molecule has 3 aromatic rings. The van der Waals surface area contributed by atoms with Crippen molar-refractivity contribution in [2.75, 3.05) is 28.7 Å². The number of anilines is 3. The van der Waals surface area contributed by atoms with Gasteiger partial charge in [-0.15, -0.1) is 0 Å². The van der Waals surface area contributed by atoms with Crippen molar-refractivity contribution in [1.29, 1.82) is 0 Å². The van der Waals surface area contributed by atoms with Crippen LogP contribution in [-0.4, -0.2) is 36.9 Å². The van der Waals surface area contributed by atoms with Crippen LogP contribution in [0.2, 0.25) is 0 Å². The molecule has 9 nitrogen and oxygen atoms in total. The lowest BCUT2D eigenvalue weighted by atomic mass is 10.1. The molecule has 0 bridgehead atoms. The maximum atomic E-state index is 13.1. The second kappa shape index (κ2) is 11.6. The van der Waals surface area contributed by atoms with E-state index in [1.165, 1.54) is 18.2 Å². The van der Waals surface area contributed by atoms with Gasteiger partial charge in [0.05, 0.1) is 24.5 Å². The Kier molecular flexibility index (Phi) is 8.08. The zero-order valence-corrected chi connectivity index (χ0v) is 21.4. The fraction of sp³-hybridized carbons (Fsp3) is 0.143. The Morgan fingerprint density at radius 2 is 1.53 bits per heavy atom. The molecule has 3 aromatic carbocycles. The van der Waals surface area contributed by atoms with Crippen LogP contribution in [0.1, 0.15) is 34.6 Å². The molecule has 0 saturated heterocycles. The number of amides is 3. The molecule has 2 N–H and O–H groups in total. The lowest BCUT2D eigenvalue weighted by molar-refractivity contribution is -0.120. The lowest BCUT2D eigenvalue weighted by Gasteiger charge is -2.16. The first-order valence-corrected chi connectivity index (χ1v) is 12.2. The molecule has 0 saturated carbocycles. The van der Waals surface area contributed by atoms with Crippen LogP contribution in [-0.2, 0) is 14.3 Å². The van der Waals surface area contributed by atoms with Crippen molar-refractivity contribution in [2.24, 2.45) is 0 Å². The largest absolute Gasteiger partial charge is 0.494 e. The molecule has 1 heterocycles. The number of carbonyl (C=O) groups excluding carboxylic acids is 4. The molecule has 1 aliphatic heterocycles. The molecule has 0 aromatic heterocycles. The Hall–Kier alpha value is -4.63. The minimum absolute atomic E-state index is 0.121. The molecule has 0 unspecified atom stereocenters. The third-order valence-electron chi connectivity index (χ3n) is 5.48. The van der Waals surface area contributed by atoms with Crippen molar-refractivity contribution in [3.8, 4) is 5.75 Å². The van der Waals surface area contributed by atoms with Gasteiger partial charge in [0.2, 0.25) is 0 Å². The third-order valence-corrected chi connectivity index (χ3v) is 5.83. The van der Waals surface area contributed by atoms with Gasteiger partial charge in [-0.2, -0.15) is 0 Å². The molecule has 3 amide bonds. The number of halogens is 1. The number of esters is 1. The summed E-state index contributed by atoms with van der Waals surface area (Å²) in [5, 5.41) is 5.36. The topological polar surface area (TPSA) is 114 Å². The standard InChI is InChI=1S/C28H24ClN3O6/c1-3-37-22-14-12-20(13-15-22)31-25(33)17-8-10-19(11-9-17)30-24-23(29)26(34)32(27(24)35)21-7-5-6-18(16-21)28(36)38-4-2/h5-16,30H,3-4H2,1-2H3,(H,31,33). The second-order valence-corrected chi connectivity index (χ2v) is 8.40. The fourth-order valence-corrected chi connectivity index (χ4v) is 3.90. The molecule has 0 radical (unpaired) electrons. The first-order chi connectivity index (χ1) is 18.3. The van der Waals surface area contributed by atoms with E-state index in [1.807, 2.05) is 6.92 Å². The van der Waals surface area contributed by atoms with E-state index in [0.717, 1.165) is 4.90 Å². The highest BCUT2D eigenvalue weighted by Gasteiger charge is 2.39. The van der Waals surface area contributed by atoms with Crippen molar-refractivity contribution in [2.45, 2.75) is 13.8 Å². The molecule has 194 valence electrons. The van der Waals surface area contributed by atoms with Gasteiger partial charge in [-0.3, -0.25) is 14.4 Å². The molecule has 0 fully saturated rings. The summed E-state index contributed by atoms with van der Waals surface area (Å²) in [7, 11) is 0. The molecular weight excluding hydrogens is 510 g/mol. The van der Waals surface area contributed by atoms with Gasteiger partial charge in [0, 0.05) is 16.9 Å². The first kappa shape index (κ1) is 26.4. The summed E-state index contributed by atoms with van der Waals surface area (Å²) < 4.78 is 10.4. The van der Waals surface area contributed by atoms with Crippen molar-refractivity contribution < 1.29 is 28.7 Å². The Morgan fingerprint density at radius 3 is 2.18 bits per heavy atom. The van der Waals surface area contributed by atoms with E-state index in [4.69, 9.17) is 21.1 Å². The van der Waals surface area contributed by atoms with Crippen LogP contribution in [0.25, 0.3) is 0 Å². The summed E-state index contributed by atoms with van der Waals surface area (Å²) in [6.07, 6.45) is 0. The monoisotopic (exact) mass is 533 g/mol. The first-order valence-electron chi connectivity index (χ1n) is 11.8. The molecule has 1 aliphatic rings. The SMILES string of the molecule is CCOC(=O)c1cccc(N2C(=O)C(Cl)=C(Nc3ccc(C(=O)Nc4ccc(OCC)cc4)cc3)C2=O)c1. The highest BCUT2D eigenvalue weighted by Crippen LogP contribution is 2.31. The van der Waals surface area contributed by atoms with E-state index < -0.39 is 17.8 Å². The van der Waals surface area contributed by atoms with Crippen molar-refractivity contribution >= 4 is 52.4 Å². The maximum Gasteiger partial charge on any atom is 0.338 e. The van der Waals surface area contributed by atoms with Gasteiger partial charge in [-0.25, -0.2) is 9.69 Å². The van der Waals surface area contributed by atoms with Crippen LogP contribution in [0.4, 0.5) is 17.1 Å². The Balaban J connectivity index is 1.44. The summed E-state index contributed by atoms with van der Waals surface area (Å²) in [5.41, 5.74) is 1.70. The number of nitrogens with one attached hydrogen (secondary N) is 2. The third kappa shape index (κ3) is 5.68. The zero-order chi connectivity index (χ0) is 27.2. The highest BCUT2D eigenvalue weighted by atomic mass is 35.5. The smallest absolute Gasteiger partial charge is 0.338 e. The number of benzene rings is 3. The van der Waals surface area contributed by atoms with E-state index in [1.54, 1.807) is 61.5 Å². The van der Waals surface area contributed by atoms with Gasteiger partial charge >= 0.3 is 5.97 Å². The average molecular weight is 534 g/mol. The summed E-state index contributed by atoms with van der Waals surface area (Å²) in [4.78, 5) is 51.4. The fourth-order valence-electron chi connectivity index (χ4n) is 3.69. The van der Waals surface area contributed by atoms with Gasteiger partial charge in [0.15, 0.2) is 0 Å². The van der Waals surface area contributed by atoms with Gasteiger partial charge in [-0.05, 0) is 80.6 Å². The van der Waals surface area contributed by atoms with Crippen LogP contribution >= 0.6 is 11.6 Å². The van der Waals surface area contributed by atoms with E-state index in [9.17, 15) is 19.2 Å². The summed E-state index contributed by atoms with van der Waals surface area (Å²) >= 11 is 6.21. The second-order valence-electron chi connectivity index (χ2n) is 8.02. The van der Waals surface area contributed by atoms with Gasteiger partial charge < -0.3 is 20.1 Å². The van der Waals surface area contributed by atoms with Crippen LogP contribution in [0.5, 0.6) is 5.75 Å². The summed E-state index contributed by atoms with van der Waals surface area (Å²) in [6, 6.07) is 19.3. The molecule has 10 heteroatoms. The van der Waals surface area contributed by atoms with Gasteiger partial charge in [0.25, 0.3) is 17.7 Å². The van der Waals surface area contributed by atoms with E-state index in [0.29, 0.717) is 29.3 Å². The van der Waals surface area contributed by atoms with Crippen molar-refractivity contribution in [1.82, 2.24) is 0 Å². The Morgan fingerprint density at radius 1 is 0.842 bits per heavy atom. The molecule has 38 heavy (non-hydrogen) atoms. The minimum Gasteiger partial charge on any atom is -0.494 e. The summed E-state index contributed by atoms with van der Waals surface area (Å²) in [5.74, 6) is -1.60. The number of imide groups is 1. The normalized spacial score (nSPS) is 13.0. The number of rotatable bonds is 9.